The highest BCUT2D eigenvalue weighted by molar-refractivity contribution is 7.13. The fourth-order valence-corrected chi connectivity index (χ4v) is 4.05. The summed E-state index contributed by atoms with van der Waals surface area (Å²) in [5.74, 6) is 2.04. The van der Waals surface area contributed by atoms with Gasteiger partial charge in [-0.15, -0.1) is 11.3 Å². The zero-order valence-electron chi connectivity index (χ0n) is 14.9. The van der Waals surface area contributed by atoms with E-state index in [1.807, 2.05) is 43.0 Å². The van der Waals surface area contributed by atoms with E-state index < -0.39 is 0 Å². The molecule has 0 bridgehead atoms. The first kappa shape index (κ1) is 17.7. The van der Waals surface area contributed by atoms with Crippen molar-refractivity contribution < 1.29 is 14.3 Å². The highest BCUT2D eigenvalue weighted by Crippen LogP contribution is 2.25. The molecule has 0 radical (unpaired) electrons. The maximum absolute atomic E-state index is 12.8. The lowest BCUT2D eigenvalue weighted by Gasteiger charge is -2.32. The lowest BCUT2D eigenvalue weighted by Crippen LogP contribution is -2.41. The Labute approximate surface area is 152 Å². The van der Waals surface area contributed by atoms with Crippen LogP contribution in [0, 0.1) is 19.8 Å². The van der Waals surface area contributed by atoms with Crippen LogP contribution in [0.3, 0.4) is 0 Å². The summed E-state index contributed by atoms with van der Waals surface area (Å²) < 4.78 is 11.1. The molecule has 1 aromatic heterocycles. The van der Waals surface area contributed by atoms with Crippen molar-refractivity contribution in [3.8, 4) is 11.5 Å². The summed E-state index contributed by atoms with van der Waals surface area (Å²) >= 11 is 1.48. The first-order valence-electron chi connectivity index (χ1n) is 8.57. The van der Waals surface area contributed by atoms with Crippen LogP contribution in [0.5, 0.6) is 11.5 Å². The minimum Gasteiger partial charge on any atom is -0.497 e. The monoisotopic (exact) mass is 360 g/mol. The molecule has 1 aromatic carbocycles. The van der Waals surface area contributed by atoms with Gasteiger partial charge >= 0.3 is 0 Å². The average Bonchev–Trinajstić information content (AvgIpc) is 2.98. The number of methoxy groups -OCH3 is 1. The topological polar surface area (TPSA) is 51.7 Å². The number of amides is 1. The van der Waals surface area contributed by atoms with Gasteiger partial charge < -0.3 is 14.4 Å². The number of aromatic nitrogens is 1. The normalized spacial score (nSPS) is 17.4. The number of nitrogens with zero attached hydrogens (tertiary/aromatic N) is 2. The Bertz CT molecular complexity index is 744. The molecule has 2 heterocycles. The van der Waals surface area contributed by atoms with Crippen molar-refractivity contribution in [1.29, 1.82) is 0 Å². The second-order valence-electron chi connectivity index (χ2n) is 6.40. The lowest BCUT2D eigenvalue weighted by molar-refractivity contribution is 0.0637. The van der Waals surface area contributed by atoms with Gasteiger partial charge in [-0.05, 0) is 38.8 Å². The SMILES string of the molecule is COc1cccc(OC[C@H]2CCCN(C(=O)c3sc(C)nc3C)C2)c1. The number of hydrogen-bond donors (Lipinski definition) is 0. The third-order valence-electron chi connectivity index (χ3n) is 4.43. The summed E-state index contributed by atoms with van der Waals surface area (Å²) in [5.41, 5.74) is 0.835. The Balaban J connectivity index is 1.59. The van der Waals surface area contributed by atoms with Crippen molar-refractivity contribution >= 4 is 17.2 Å². The number of rotatable bonds is 5. The molecular formula is C19H24N2O3S. The molecule has 0 aliphatic carbocycles. The Morgan fingerprint density at radius 1 is 1.36 bits per heavy atom. The lowest BCUT2D eigenvalue weighted by atomic mass is 9.98. The van der Waals surface area contributed by atoms with Crippen molar-refractivity contribution in [2.24, 2.45) is 5.92 Å². The van der Waals surface area contributed by atoms with Crippen LogP contribution in [0.4, 0.5) is 0 Å². The van der Waals surface area contributed by atoms with E-state index in [4.69, 9.17) is 9.47 Å². The second kappa shape index (κ2) is 7.87. The van der Waals surface area contributed by atoms with Gasteiger partial charge in [-0.2, -0.15) is 0 Å². The predicted octanol–water partition coefficient (Wildman–Crippen LogP) is 3.70. The third-order valence-corrected chi connectivity index (χ3v) is 5.49. The first-order valence-corrected chi connectivity index (χ1v) is 9.38. The van der Waals surface area contributed by atoms with Gasteiger partial charge in [-0.3, -0.25) is 4.79 Å². The maximum Gasteiger partial charge on any atom is 0.265 e. The first-order chi connectivity index (χ1) is 12.1. The molecule has 0 N–H and O–H groups in total. The molecule has 2 aromatic rings. The van der Waals surface area contributed by atoms with Crippen molar-refractivity contribution in [2.45, 2.75) is 26.7 Å². The van der Waals surface area contributed by atoms with Crippen LogP contribution in [-0.2, 0) is 0 Å². The molecule has 1 aliphatic rings. The Morgan fingerprint density at radius 2 is 2.16 bits per heavy atom. The van der Waals surface area contributed by atoms with Gasteiger partial charge in [0.15, 0.2) is 0 Å². The van der Waals surface area contributed by atoms with Gasteiger partial charge in [0.1, 0.15) is 16.4 Å². The highest BCUT2D eigenvalue weighted by Gasteiger charge is 2.27. The number of ether oxygens (including phenoxy) is 2. The molecule has 1 saturated heterocycles. The van der Waals surface area contributed by atoms with Crippen LogP contribution >= 0.6 is 11.3 Å². The van der Waals surface area contributed by atoms with E-state index in [0.717, 1.165) is 53.0 Å². The molecule has 1 aliphatic heterocycles. The van der Waals surface area contributed by atoms with Crippen LogP contribution in [0.2, 0.25) is 0 Å². The standard InChI is InChI=1S/C19H24N2O3S/c1-13-18(25-14(2)20-13)19(22)21-9-5-6-15(11-21)12-24-17-8-4-7-16(10-17)23-3/h4,7-8,10,15H,5-6,9,11-12H2,1-3H3/t15-/m0/s1. The Hall–Kier alpha value is -2.08. The third kappa shape index (κ3) is 4.31. The average molecular weight is 360 g/mol. The van der Waals surface area contributed by atoms with Gasteiger partial charge in [0.25, 0.3) is 5.91 Å². The van der Waals surface area contributed by atoms with E-state index in [1.165, 1.54) is 11.3 Å². The molecule has 6 heteroatoms. The van der Waals surface area contributed by atoms with Crippen LogP contribution < -0.4 is 9.47 Å². The zero-order valence-corrected chi connectivity index (χ0v) is 15.8. The zero-order chi connectivity index (χ0) is 17.8. The summed E-state index contributed by atoms with van der Waals surface area (Å²) in [6.45, 7) is 6.00. The summed E-state index contributed by atoms with van der Waals surface area (Å²) in [4.78, 5) is 19.9. The molecule has 1 fully saturated rings. The molecule has 134 valence electrons. The summed E-state index contributed by atoms with van der Waals surface area (Å²) in [6.07, 6.45) is 2.09. The molecule has 1 amide bonds. The summed E-state index contributed by atoms with van der Waals surface area (Å²) in [7, 11) is 1.65. The Kier molecular flexibility index (Phi) is 5.58. The van der Waals surface area contributed by atoms with E-state index in [9.17, 15) is 4.79 Å². The number of carbonyl (C=O) groups is 1. The summed E-state index contributed by atoms with van der Waals surface area (Å²) in [5, 5.41) is 0.941. The largest absolute Gasteiger partial charge is 0.497 e. The predicted molar refractivity (Wildman–Crippen MR) is 98.7 cm³/mol. The number of aryl methyl sites for hydroxylation is 2. The summed E-state index contributed by atoms with van der Waals surface area (Å²) in [6, 6.07) is 7.62. The van der Waals surface area contributed by atoms with E-state index in [1.54, 1.807) is 7.11 Å². The van der Waals surface area contributed by atoms with Gasteiger partial charge in [0.2, 0.25) is 0 Å². The van der Waals surface area contributed by atoms with Crippen molar-refractivity contribution in [3.05, 3.63) is 39.8 Å². The minimum atomic E-state index is 0.106. The van der Waals surface area contributed by atoms with Crippen molar-refractivity contribution in [3.63, 3.8) is 0 Å². The molecule has 5 nitrogen and oxygen atoms in total. The van der Waals surface area contributed by atoms with Crippen molar-refractivity contribution in [2.75, 3.05) is 26.8 Å². The smallest absolute Gasteiger partial charge is 0.265 e. The fourth-order valence-electron chi connectivity index (χ4n) is 3.16. The Morgan fingerprint density at radius 3 is 2.88 bits per heavy atom. The number of carbonyl (C=O) groups excluding carboxylic acids is 1. The highest BCUT2D eigenvalue weighted by atomic mass is 32.1. The molecule has 0 unspecified atom stereocenters. The second-order valence-corrected chi connectivity index (χ2v) is 7.60. The van der Waals surface area contributed by atoms with E-state index in [0.29, 0.717) is 12.5 Å². The van der Waals surface area contributed by atoms with Crippen LogP contribution in [0.15, 0.2) is 24.3 Å². The van der Waals surface area contributed by atoms with E-state index in [-0.39, 0.29) is 5.91 Å². The minimum absolute atomic E-state index is 0.106. The number of likely N-dealkylation sites (tertiary alicyclic amines) is 1. The van der Waals surface area contributed by atoms with Gasteiger partial charge in [0.05, 0.1) is 24.4 Å². The van der Waals surface area contributed by atoms with Crippen LogP contribution in [-0.4, -0.2) is 42.6 Å². The number of hydrogen-bond acceptors (Lipinski definition) is 5. The van der Waals surface area contributed by atoms with Crippen molar-refractivity contribution in [1.82, 2.24) is 9.88 Å². The molecule has 0 saturated carbocycles. The number of thiazole rings is 1. The van der Waals surface area contributed by atoms with Gasteiger partial charge in [-0.25, -0.2) is 4.98 Å². The van der Waals surface area contributed by atoms with Crippen LogP contribution in [0.1, 0.15) is 33.2 Å². The molecule has 25 heavy (non-hydrogen) atoms. The molecule has 3 rings (SSSR count). The van der Waals surface area contributed by atoms with Gasteiger partial charge in [0, 0.05) is 25.1 Å². The van der Waals surface area contributed by atoms with E-state index >= 15 is 0 Å². The molecule has 1 atom stereocenters. The maximum atomic E-state index is 12.8. The quantitative estimate of drug-likeness (QED) is 0.816. The molecular weight excluding hydrogens is 336 g/mol. The van der Waals surface area contributed by atoms with Gasteiger partial charge in [-0.1, -0.05) is 6.07 Å². The number of piperidine rings is 1. The fraction of sp³-hybridized carbons (Fsp3) is 0.474. The van der Waals surface area contributed by atoms with Crippen LogP contribution in [0.25, 0.3) is 0 Å². The molecule has 0 spiro atoms. The van der Waals surface area contributed by atoms with E-state index in [2.05, 4.69) is 4.98 Å². The number of benzene rings is 1.